The van der Waals surface area contributed by atoms with Crippen molar-refractivity contribution in [2.45, 2.75) is 0 Å². The molecule has 0 unspecified atom stereocenters. The largest absolute Gasteiger partial charge is 0.494 e. The number of rotatable bonds is 4. The maximum atomic E-state index is 12.4. The summed E-state index contributed by atoms with van der Waals surface area (Å²) in [7, 11) is 0. The Morgan fingerprint density at radius 2 is 1.85 bits per heavy atom. The number of para-hydroxylation sites is 1. The molecular weight excluding hydrogens is 356 g/mol. The van der Waals surface area contributed by atoms with Crippen molar-refractivity contribution >= 4 is 34.9 Å². The standard InChI is InChI=1S/C18H19ClN4O3/c19-14-3-1-2-4-16(14)22-8-5-21(6-9-22)7-10-23-17(24)13-11-26-12-15(13)20-18(23)25/h1-4,11H,5-10,12H2. The van der Waals surface area contributed by atoms with Crippen molar-refractivity contribution in [2.75, 3.05) is 50.8 Å². The van der Waals surface area contributed by atoms with E-state index in [1.165, 1.54) is 11.2 Å². The number of carbonyl (C=O) groups excluding carboxylic acids is 2. The first-order valence-electron chi connectivity index (χ1n) is 8.61. The van der Waals surface area contributed by atoms with Gasteiger partial charge < -0.3 is 9.64 Å². The molecular formula is C18H19ClN4O3. The number of amides is 3. The molecule has 0 spiro atoms. The first-order valence-corrected chi connectivity index (χ1v) is 8.98. The van der Waals surface area contributed by atoms with Gasteiger partial charge in [-0.1, -0.05) is 23.7 Å². The van der Waals surface area contributed by atoms with Crippen molar-refractivity contribution in [3.8, 4) is 0 Å². The summed E-state index contributed by atoms with van der Waals surface area (Å²) in [5.74, 6) is -0.313. The Morgan fingerprint density at radius 1 is 1.08 bits per heavy atom. The highest BCUT2D eigenvalue weighted by atomic mass is 35.5. The second-order valence-electron chi connectivity index (χ2n) is 6.42. The van der Waals surface area contributed by atoms with E-state index in [-0.39, 0.29) is 12.5 Å². The first-order chi connectivity index (χ1) is 12.6. The molecule has 0 saturated carbocycles. The summed E-state index contributed by atoms with van der Waals surface area (Å²) in [6.07, 6.45) is 1.39. The van der Waals surface area contributed by atoms with Crippen LogP contribution in [0, 0.1) is 0 Å². The third-order valence-electron chi connectivity index (χ3n) is 4.87. The Balaban J connectivity index is 1.32. The second kappa shape index (κ2) is 7.09. The molecule has 3 heterocycles. The molecule has 7 nitrogen and oxygen atoms in total. The summed E-state index contributed by atoms with van der Waals surface area (Å²) in [6, 6.07) is 7.33. The molecule has 1 saturated heterocycles. The monoisotopic (exact) mass is 374 g/mol. The van der Waals surface area contributed by atoms with Gasteiger partial charge >= 0.3 is 6.03 Å². The highest BCUT2D eigenvalue weighted by molar-refractivity contribution is 6.33. The molecule has 4 rings (SSSR count). The summed E-state index contributed by atoms with van der Waals surface area (Å²) in [4.78, 5) is 34.1. The number of aliphatic imine (C=N–C) groups is 1. The Kier molecular flexibility index (Phi) is 4.65. The van der Waals surface area contributed by atoms with Crippen LogP contribution in [0.1, 0.15) is 0 Å². The van der Waals surface area contributed by atoms with Gasteiger partial charge in [0.25, 0.3) is 5.91 Å². The van der Waals surface area contributed by atoms with Gasteiger partial charge in [0.1, 0.15) is 6.61 Å². The number of hydrogen-bond donors (Lipinski definition) is 0. The average Bonchev–Trinajstić information content (AvgIpc) is 3.11. The average molecular weight is 375 g/mol. The molecule has 1 aromatic carbocycles. The number of imide groups is 1. The Labute approximate surface area is 156 Å². The minimum atomic E-state index is -0.498. The molecule has 3 aliphatic heterocycles. The highest BCUT2D eigenvalue weighted by Crippen LogP contribution is 2.26. The van der Waals surface area contributed by atoms with E-state index in [2.05, 4.69) is 14.8 Å². The van der Waals surface area contributed by atoms with E-state index in [9.17, 15) is 9.59 Å². The number of carbonyl (C=O) groups is 2. The van der Waals surface area contributed by atoms with E-state index in [1.807, 2.05) is 24.3 Å². The lowest BCUT2D eigenvalue weighted by molar-refractivity contribution is -0.124. The van der Waals surface area contributed by atoms with E-state index < -0.39 is 6.03 Å². The fraction of sp³-hybridized carbons (Fsp3) is 0.389. The number of piperazine rings is 1. The molecule has 8 heteroatoms. The van der Waals surface area contributed by atoms with E-state index in [1.54, 1.807) is 0 Å². The van der Waals surface area contributed by atoms with Crippen LogP contribution in [0.2, 0.25) is 5.02 Å². The lowest BCUT2D eigenvalue weighted by atomic mass is 10.1. The van der Waals surface area contributed by atoms with Crippen molar-refractivity contribution in [3.63, 3.8) is 0 Å². The lowest BCUT2D eigenvalue weighted by Gasteiger charge is -2.37. The maximum Gasteiger partial charge on any atom is 0.350 e. The fourth-order valence-corrected chi connectivity index (χ4v) is 3.64. The van der Waals surface area contributed by atoms with Crippen LogP contribution in [0.3, 0.4) is 0 Å². The molecule has 0 aliphatic carbocycles. The van der Waals surface area contributed by atoms with Crippen molar-refractivity contribution in [1.82, 2.24) is 9.80 Å². The zero-order chi connectivity index (χ0) is 18.1. The van der Waals surface area contributed by atoms with Gasteiger partial charge in [0.15, 0.2) is 0 Å². The van der Waals surface area contributed by atoms with Crippen LogP contribution in [-0.4, -0.2) is 73.3 Å². The molecule has 0 atom stereocenters. The minimum absolute atomic E-state index is 0.199. The number of hydrogen-bond acceptors (Lipinski definition) is 5. The molecule has 0 radical (unpaired) electrons. The van der Waals surface area contributed by atoms with Crippen LogP contribution in [-0.2, 0) is 9.53 Å². The Bertz CT molecular complexity index is 799. The topological polar surface area (TPSA) is 65.5 Å². The normalized spacial score (nSPS) is 20.7. The van der Waals surface area contributed by atoms with Gasteiger partial charge in [0, 0.05) is 39.3 Å². The molecule has 136 valence electrons. The molecule has 0 aromatic heterocycles. The van der Waals surface area contributed by atoms with Gasteiger partial charge in [-0.3, -0.25) is 14.6 Å². The van der Waals surface area contributed by atoms with Gasteiger partial charge in [-0.15, -0.1) is 0 Å². The van der Waals surface area contributed by atoms with Gasteiger partial charge in [-0.05, 0) is 12.1 Å². The van der Waals surface area contributed by atoms with Gasteiger partial charge in [0.2, 0.25) is 0 Å². The number of urea groups is 1. The van der Waals surface area contributed by atoms with Gasteiger partial charge in [-0.25, -0.2) is 4.79 Å². The van der Waals surface area contributed by atoms with E-state index >= 15 is 0 Å². The smallest absolute Gasteiger partial charge is 0.350 e. The third kappa shape index (κ3) is 3.20. The van der Waals surface area contributed by atoms with Crippen LogP contribution in [0.25, 0.3) is 0 Å². The summed E-state index contributed by atoms with van der Waals surface area (Å²) in [5, 5.41) is 0.756. The number of nitrogens with zero attached hydrogens (tertiary/aromatic N) is 4. The summed E-state index contributed by atoms with van der Waals surface area (Å²) in [6.45, 7) is 4.57. The molecule has 1 aromatic rings. The zero-order valence-electron chi connectivity index (χ0n) is 14.2. The van der Waals surface area contributed by atoms with Crippen molar-refractivity contribution in [3.05, 3.63) is 41.1 Å². The van der Waals surface area contributed by atoms with Crippen LogP contribution >= 0.6 is 11.6 Å². The van der Waals surface area contributed by atoms with E-state index in [0.29, 0.717) is 24.4 Å². The lowest BCUT2D eigenvalue weighted by Crippen LogP contribution is -2.50. The van der Waals surface area contributed by atoms with Crippen molar-refractivity contribution < 1.29 is 14.3 Å². The van der Waals surface area contributed by atoms with Gasteiger partial charge in [0.05, 0.1) is 28.3 Å². The van der Waals surface area contributed by atoms with Crippen molar-refractivity contribution in [2.24, 2.45) is 4.99 Å². The number of ether oxygens (including phenoxy) is 1. The molecule has 3 aliphatic rings. The van der Waals surface area contributed by atoms with Crippen LogP contribution in [0.4, 0.5) is 10.5 Å². The molecule has 1 fully saturated rings. The predicted molar refractivity (Wildman–Crippen MR) is 98.7 cm³/mol. The number of fused-ring (bicyclic) bond motifs is 1. The first kappa shape index (κ1) is 17.1. The molecule has 26 heavy (non-hydrogen) atoms. The predicted octanol–water partition coefficient (Wildman–Crippen LogP) is 1.78. The zero-order valence-corrected chi connectivity index (χ0v) is 15.0. The van der Waals surface area contributed by atoms with E-state index in [4.69, 9.17) is 16.3 Å². The molecule has 3 amide bonds. The SMILES string of the molecule is O=C1N=C2COC=C2C(=O)N1CCN1CCN(c2ccccc2Cl)CC1. The molecule has 0 bridgehead atoms. The summed E-state index contributed by atoms with van der Waals surface area (Å²) < 4.78 is 5.10. The maximum absolute atomic E-state index is 12.4. The number of halogens is 1. The summed E-state index contributed by atoms with van der Waals surface area (Å²) in [5.41, 5.74) is 1.88. The number of anilines is 1. The summed E-state index contributed by atoms with van der Waals surface area (Å²) >= 11 is 6.27. The quantitative estimate of drug-likeness (QED) is 0.803. The Morgan fingerprint density at radius 3 is 2.62 bits per heavy atom. The second-order valence-corrected chi connectivity index (χ2v) is 6.83. The van der Waals surface area contributed by atoms with E-state index in [0.717, 1.165) is 36.9 Å². The van der Waals surface area contributed by atoms with Crippen LogP contribution in [0.5, 0.6) is 0 Å². The van der Waals surface area contributed by atoms with Crippen LogP contribution in [0.15, 0.2) is 41.1 Å². The Hall–Kier alpha value is -2.38. The van der Waals surface area contributed by atoms with Crippen molar-refractivity contribution in [1.29, 1.82) is 0 Å². The minimum Gasteiger partial charge on any atom is -0.494 e. The molecule has 0 N–H and O–H groups in total. The number of benzene rings is 1. The third-order valence-corrected chi connectivity index (χ3v) is 5.19. The van der Waals surface area contributed by atoms with Gasteiger partial charge in [-0.2, -0.15) is 4.99 Å². The van der Waals surface area contributed by atoms with Crippen LogP contribution < -0.4 is 4.90 Å². The fourth-order valence-electron chi connectivity index (χ4n) is 3.38. The highest BCUT2D eigenvalue weighted by Gasteiger charge is 2.35.